The molecule has 0 fully saturated rings. The van der Waals surface area contributed by atoms with E-state index in [2.05, 4.69) is 80.4 Å². The molecule has 0 amide bonds. The van der Waals surface area contributed by atoms with E-state index >= 15 is 0 Å². The van der Waals surface area contributed by atoms with Crippen molar-refractivity contribution >= 4 is 0 Å². The van der Waals surface area contributed by atoms with Crippen LogP contribution in [-0.4, -0.2) is 0 Å². The molecule has 0 bridgehead atoms. The normalized spacial score (nSPS) is 10.2. The summed E-state index contributed by atoms with van der Waals surface area (Å²) < 4.78 is 0. The first-order valence-electron chi connectivity index (χ1n) is 11.9. The average molecular weight is 445 g/mol. The van der Waals surface area contributed by atoms with E-state index < -0.39 is 0 Å². The molecule has 0 rings (SSSR count). The van der Waals surface area contributed by atoms with Crippen LogP contribution in [0.2, 0.25) is 0 Å². The summed E-state index contributed by atoms with van der Waals surface area (Å²) >= 11 is 0. The van der Waals surface area contributed by atoms with Crippen LogP contribution in [0.3, 0.4) is 0 Å². The van der Waals surface area contributed by atoms with Crippen LogP contribution in [0.4, 0.5) is 0 Å². The number of rotatable bonds is 7. The molecule has 0 aliphatic heterocycles. The summed E-state index contributed by atoms with van der Waals surface area (Å²) in [5, 5.41) is 0. The van der Waals surface area contributed by atoms with Gasteiger partial charge in [-0.1, -0.05) is 141 Å². The van der Waals surface area contributed by atoms with Gasteiger partial charge >= 0.3 is 0 Å². The van der Waals surface area contributed by atoms with Crippen LogP contribution >= 0.6 is 0 Å². The van der Waals surface area contributed by atoms with Crippen molar-refractivity contribution in [2.75, 3.05) is 0 Å². The van der Waals surface area contributed by atoms with Crippen molar-refractivity contribution < 1.29 is 0 Å². The third-order valence-electron chi connectivity index (χ3n) is 4.04. The van der Waals surface area contributed by atoms with Gasteiger partial charge in [0.2, 0.25) is 0 Å². The van der Waals surface area contributed by atoms with Crippen molar-refractivity contribution in [2.45, 2.75) is 110 Å². The number of hydrogen-bond acceptors (Lipinski definition) is 0. The molecule has 0 aromatic carbocycles. The van der Waals surface area contributed by atoms with Gasteiger partial charge in [0.15, 0.2) is 0 Å². The molecular formula is C32H60. The summed E-state index contributed by atoms with van der Waals surface area (Å²) in [7, 11) is 0. The second-order valence-electron chi connectivity index (χ2n) is 6.57. The molecule has 0 aliphatic rings. The SMILES string of the molecule is C.C=C/C(=C\C(C)=C(C)C)C(=C)/C=C\C.C=C/C=C(C)\C(C)=C/C.CC.CC.CCCC. The Balaban J connectivity index is -0.0000000809. The lowest BCUT2D eigenvalue weighted by Gasteiger charge is -2.03. The van der Waals surface area contributed by atoms with Crippen molar-refractivity contribution in [3.8, 4) is 0 Å². The Morgan fingerprint density at radius 2 is 1.22 bits per heavy atom. The highest BCUT2D eigenvalue weighted by Gasteiger charge is 1.95. The first-order chi connectivity index (χ1) is 14.7. The molecule has 0 aliphatic carbocycles. The van der Waals surface area contributed by atoms with E-state index in [1.54, 1.807) is 0 Å². The maximum Gasteiger partial charge on any atom is -0.0193 e. The topological polar surface area (TPSA) is 0 Å². The average Bonchev–Trinajstić information content (AvgIpc) is 2.80. The van der Waals surface area contributed by atoms with E-state index in [1.165, 1.54) is 35.1 Å². The van der Waals surface area contributed by atoms with Crippen LogP contribution in [0.25, 0.3) is 0 Å². The van der Waals surface area contributed by atoms with Crippen molar-refractivity contribution in [3.63, 3.8) is 0 Å². The van der Waals surface area contributed by atoms with Crippen molar-refractivity contribution in [1.29, 1.82) is 0 Å². The van der Waals surface area contributed by atoms with E-state index in [1.807, 2.05) is 71.9 Å². The van der Waals surface area contributed by atoms with Gasteiger partial charge in [-0.25, -0.2) is 0 Å². The van der Waals surface area contributed by atoms with Crippen molar-refractivity contribution in [3.05, 3.63) is 95.7 Å². The number of unbranched alkanes of at least 4 members (excludes halogenated alkanes) is 1. The molecule has 0 nitrogen and oxygen atoms in total. The molecule has 0 heteroatoms. The van der Waals surface area contributed by atoms with Gasteiger partial charge in [0.25, 0.3) is 0 Å². The quantitative estimate of drug-likeness (QED) is 0.342. The van der Waals surface area contributed by atoms with Gasteiger partial charge in [0.1, 0.15) is 0 Å². The molecule has 0 saturated carbocycles. The fourth-order valence-corrected chi connectivity index (χ4v) is 1.49. The summed E-state index contributed by atoms with van der Waals surface area (Å²) in [4.78, 5) is 0. The highest BCUT2D eigenvalue weighted by atomic mass is 14.0. The Labute approximate surface area is 206 Å². The highest BCUT2D eigenvalue weighted by molar-refractivity contribution is 5.47. The zero-order valence-corrected chi connectivity index (χ0v) is 23.6. The zero-order chi connectivity index (χ0) is 25.8. The molecule has 188 valence electrons. The molecule has 0 unspecified atom stereocenters. The Morgan fingerprint density at radius 1 is 0.781 bits per heavy atom. The summed E-state index contributed by atoms with van der Waals surface area (Å²) in [5.41, 5.74) is 7.27. The standard InChI is InChI=1S/C14H20.C9H14.C4H10.2C2H6.CH4/c1-7-9-12(5)14(8-2)10-13(6)11(3)4;1-5-7-9(4)8(3)6-2;1-3-4-2;2*1-2;/h7-10H,2,5H2,1,3-4,6H3;5-7H,1H2,2-4H3;3-4H2,1-2H3;2*1-2H3;1H4/b9-7-,14-10+;8-6-,9-7-;;;;. The fourth-order valence-electron chi connectivity index (χ4n) is 1.49. The Kier molecular flexibility index (Phi) is 49.6. The van der Waals surface area contributed by atoms with Crippen molar-refractivity contribution in [1.82, 2.24) is 0 Å². The smallest absolute Gasteiger partial charge is 0.0193 e. The van der Waals surface area contributed by atoms with Crippen LogP contribution in [-0.2, 0) is 0 Å². The number of allylic oxidation sites excluding steroid dienone is 13. The van der Waals surface area contributed by atoms with Crippen LogP contribution in [0.15, 0.2) is 95.7 Å². The predicted molar refractivity (Wildman–Crippen MR) is 160 cm³/mol. The van der Waals surface area contributed by atoms with E-state index in [0.717, 1.165) is 11.1 Å². The molecule has 0 atom stereocenters. The lowest BCUT2D eigenvalue weighted by molar-refractivity contribution is 0.886. The molecular weight excluding hydrogens is 384 g/mol. The Bertz CT molecular complexity index is 578. The molecule has 0 aromatic heterocycles. The summed E-state index contributed by atoms with van der Waals surface area (Å²) in [6.07, 6.45) is 16.5. The summed E-state index contributed by atoms with van der Waals surface area (Å²) in [6.45, 7) is 38.2. The Morgan fingerprint density at radius 3 is 1.47 bits per heavy atom. The van der Waals surface area contributed by atoms with Crippen LogP contribution < -0.4 is 0 Å². The van der Waals surface area contributed by atoms with E-state index in [9.17, 15) is 0 Å². The molecule has 0 saturated heterocycles. The largest absolute Gasteiger partial charge is 0.0991 e. The van der Waals surface area contributed by atoms with Gasteiger partial charge in [-0.15, -0.1) is 0 Å². The van der Waals surface area contributed by atoms with Crippen LogP contribution in [0, 0.1) is 0 Å². The van der Waals surface area contributed by atoms with E-state index in [4.69, 9.17) is 0 Å². The maximum absolute atomic E-state index is 3.98. The lowest BCUT2D eigenvalue weighted by Crippen LogP contribution is -1.83. The third kappa shape index (κ3) is 32.6. The second kappa shape index (κ2) is 36.3. The molecule has 0 radical (unpaired) electrons. The van der Waals surface area contributed by atoms with E-state index in [-0.39, 0.29) is 7.43 Å². The number of hydrogen-bond donors (Lipinski definition) is 0. The minimum Gasteiger partial charge on any atom is -0.0991 e. The maximum atomic E-state index is 3.98. The highest BCUT2D eigenvalue weighted by Crippen LogP contribution is 2.15. The second-order valence-corrected chi connectivity index (χ2v) is 6.57. The first-order valence-corrected chi connectivity index (χ1v) is 11.9. The summed E-state index contributed by atoms with van der Waals surface area (Å²) in [5.74, 6) is 0. The Hall–Kier alpha value is -2.08. The van der Waals surface area contributed by atoms with Gasteiger partial charge in [0, 0.05) is 0 Å². The minimum atomic E-state index is 0. The van der Waals surface area contributed by atoms with Crippen molar-refractivity contribution in [2.24, 2.45) is 0 Å². The van der Waals surface area contributed by atoms with Gasteiger partial charge in [-0.05, 0) is 65.2 Å². The third-order valence-corrected chi connectivity index (χ3v) is 4.04. The monoisotopic (exact) mass is 444 g/mol. The molecule has 0 heterocycles. The van der Waals surface area contributed by atoms with Crippen LogP contribution in [0.1, 0.15) is 110 Å². The minimum absolute atomic E-state index is 0. The fraction of sp³-hybridized carbons (Fsp3) is 0.500. The summed E-state index contributed by atoms with van der Waals surface area (Å²) in [6, 6.07) is 0. The molecule has 0 spiro atoms. The first kappa shape index (κ1) is 43.7. The predicted octanol–water partition coefficient (Wildman–Crippen LogP) is 12.2. The molecule has 0 N–H and O–H groups in total. The lowest BCUT2D eigenvalue weighted by atomic mass is 10.0. The van der Waals surface area contributed by atoms with Gasteiger partial charge in [0.05, 0.1) is 0 Å². The molecule has 32 heavy (non-hydrogen) atoms. The van der Waals surface area contributed by atoms with Crippen LogP contribution in [0.5, 0.6) is 0 Å². The van der Waals surface area contributed by atoms with Gasteiger partial charge in [-0.2, -0.15) is 0 Å². The van der Waals surface area contributed by atoms with Gasteiger partial charge in [-0.3, -0.25) is 0 Å². The van der Waals surface area contributed by atoms with E-state index in [0.29, 0.717) is 0 Å². The van der Waals surface area contributed by atoms with Gasteiger partial charge < -0.3 is 0 Å². The zero-order valence-electron chi connectivity index (χ0n) is 23.6. The molecule has 0 aromatic rings.